The number of rotatable bonds is 5. The summed E-state index contributed by atoms with van der Waals surface area (Å²) in [5.74, 6) is 0.133. The van der Waals surface area contributed by atoms with E-state index in [9.17, 15) is 4.79 Å². The number of carbonyl (C=O) groups excluding carboxylic acids is 1. The number of benzene rings is 1. The first-order valence-corrected chi connectivity index (χ1v) is 7.76. The second-order valence-corrected chi connectivity index (χ2v) is 6.36. The monoisotopic (exact) mass is 269 g/mol. The Kier molecular flexibility index (Phi) is 5.86. The lowest BCUT2D eigenvalue weighted by atomic mass is 10.1. The van der Waals surface area contributed by atoms with Gasteiger partial charge in [0.25, 0.3) is 0 Å². The predicted molar refractivity (Wildman–Crippen MR) is 74.6 cm³/mol. The second-order valence-electron chi connectivity index (χ2n) is 3.51. The number of hydrogen-bond acceptors (Lipinski definition) is 3. The van der Waals surface area contributed by atoms with Crippen LogP contribution in [0.1, 0.15) is 5.56 Å². The van der Waals surface area contributed by atoms with E-state index in [1.165, 1.54) is 6.08 Å². The predicted octanol–water partition coefficient (Wildman–Crippen LogP) is 1.27. The van der Waals surface area contributed by atoms with Crippen LogP contribution in [-0.4, -0.2) is 23.8 Å². The van der Waals surface area contributed by atoms with E-state index in [1.54, 1.807) is 17.5 Å². The van der Waals surface area contributed by atoms with Crippen molar-refractivity contribution in [1.82, 2.24) is 5.32 Å². The molecule has 0 radical (unpaired) electrons. The smallest absolute Gasteiger partial charge is 0.244 e. The van der Waals surface area contributed by atoms with Crippen molar-refractivity contribution in [2.24, 2.45) is 0 Å². The van der Waals surface area contributed by atoms with Gasteiger partial charge >= 0.3 is 0 Å². The third kappa shape index (κ3) is 6.19. The normalized spacial score (nSPS) is 12.5. The molecule has 1 aromatic carbocycles. The highest BCUT2D eigenvalue weighted by molar-refractivity contribution is 8.30. The molecule has 0 fully saturated rings. The van der Waals surface area contributed by atoms with Crippen molar-refractivity contribution in [3.8, 4) is 5.75 Å². The Bertz CT molecular complexity index is 427. The minimum Gasteiger partial charge on any atom is -0.508 e. The molecule has 1 rings (SSSR count). The molecule has 0 heterocycles. The average Bonchev–Trinajstić information content (AvgIpc) is 2.29. The molecule has 17 heavy (non-hydrogen) atoms. The van der Waals surface area contributed by atoms with Crippen LogP contribution in [0.2, 0.25) is 0 Å². The first kappa shape index (κ1) is 13.9. The molecule has 0 bridgehead atoms. The van der Waals surface area contributed by atoms with E-state index in [-0.39, 0.29) is 21.1 Å². The highest BCUT2D eigenvalue weighted by Crippen LogP contribution is 2.09. The lowest BCUT2D eigenvalue weighted by Gasteiger charge is -2.02. The van der Waals surface area contributed by atoms with Crippen LogP contribution in [0.3, 0.4) is 0 Å². The first-order valence-electron chi connectivity index (χ1n) is 5.14. The summed E-state index contributed by atoms with van der Waals surface area (Å²) < 4.78 is 0. The molecule has 0 spiro atoms. The fraction of sp³-hybridized carbons (Fsp3) is 0.250. The van der Waals surface area contributed by atoms with Gasteiger partial charge in [-0.15, -0.1) is 9.45 Å². The van der Waals surface area contributed by atoms with Gasteiger partial charge in [0.2, 0.25) is 5.91 Å². The van der Waals surface area contributed by atoms with E-state index >= 15 is 0 Å². The van der Waals surface area contributed by atoms with E-state index < -0.39 is 0 Å². The van der Waals surface area contributed by atoms with Crippen LogP contribution < -0.4 is 5.32 Å². The molecule has 0 aliphatic rings. The minimum atomic E-state index is -0.266. The van der Waals surface area contributed by atoms with Gasteiger partial charge in [-0.1, -0.05) is 12.1 Å². The average molecular weight is 269 g/mol. The number of amides is 1. The van der Waals surface area contributed by atoms with E-state index in [0.29, 0.717) is 6.54 Å². The number of hydrogen-bond donors (Lipinski definition) is 2. The van der Waals surface area contributed by atoms with Gasteiger partial charge in [0.05, 0.1) is 0 Å². The number of nitrogens with one attached hydrogen (secondary N) is 1. The minimum absolute atomic E-state index is 0.118. The molecule has 0 aliphatic heterocycles. The van der Waals surface area contributed by atoms with Crippen molar-refractivity contribution >= 4 is 26.5 Å². The lowest BCUT2D eigenvalue weighted by Crippen LogP contribution is -2.23. The molecular weight excluding hydrogens is 254 g/mol. The summed E-state index contributed by atoms with van der Waals surface area (Å²) in [7, 11) is -0.266. The molecule has 1 aromatic rings. The maximum atomic E-state index is 11.3. The Balaban J connectivity index is 2.30. The van der Waals surface area contributed by atoms with Crippen molar-refractivity contribution in [2.75, 3.05) is 12.8 Å². The highest BCUT2D eigenvalue weighted by atomic mass is 32.8. The van der Waals surface area contributed by atoms with Gasteiger partial charge in [0.1, 0.15) is 5.75 Å². The van der Waals surface area contributed by atoms with Gasteiger partial charge < -0.3 is 10.4 Å². The molecule has 0 saturated carbocycles. The van der Waals surface area contributed by atoms with E-state index in [1.807, 2.05) is 18.4 Å². The Morgan fingerprint density at radius 1 is 1.47 bits per heavy atom. The molecule has 3 nitrogen and oxygen atoms in total. The Morgan fingerprint density at radius 3 is 2.71 bits per heavy atom. The lowest BCUT2D eigenvalue weighted by molar-refractivity contribution is -0.116. The van der Waals surface area contributed by atoms with Crippen LogP contribution in [-0.2, 0) is 31.9 Å². The Morgan fingerprint density at radius 2 is 2.12 bits per heavy atom. The van der Waals surface area contributed by atoms with Gasteiger partial charge in [-0.25, -0.2) is 0 Å². The largest absolute Gasteiger partial charge is 0.508 e. The summed E-state index contributed by atoms with van der Waals surface area (Å²) in [5.41, 5.74) is 1.07. The summed E-state index contributed by atoms with van der Waals surface area (Å²) in [6.45, 7) is 0.572. The molecule has 2 N–H and O–H groups in total. The highest BCUT2D eigenvalue weighted by Gasteiger charge is 1.96. The topological polar surface area (TPSA) is 49.3 Å². The van der Waals surface area contributed by atoms with Crippen molar-refractivity contribution in [2.45, 2.75) is 6.42 Å². The van der Waals surface area contributed by atoms with Gasteiger partial charge in [-0.2, -0.15) is 0 Å². The Hall–Kier alpha value is -1.20. The maximum Gasteiger partial charge on any atom is 0.244 e. The van der Waals surface area contributed by atoms with Crippen LogP contribution in [0.15, 0.2) is 35.7 Å². The van der Waals surface area contributed by atoms with Gasteiger partial charge in [0.15, 0.2) is 0 Å². The van der Waals surface area contributed by atoms with E-state index in [4.69, 9.17) is 16.3 Å². The van der Waals surface area contributed by atoms with Crippen molar-refractivity contribution in [3.63, 3.8) is 0 Å². The summed E-state index contributed by atoms with van der Waals surface area (Å²) in [4.78, 5) is 11.3. The standard InChI is InChI=1S/C12H15NO2S2/c1-17(16)9-7-12(15)13-8-6-10-2-4-11(14)5-3-10/h2-5,7,9,14H,6,8H2,1H3,(H,13,15)/b9-7-. The van der Waals surface area contributed by atoms with Gasteiger partial charge in [-0.05, 0) is 47.0 Å². The molecule has 1 atom stereocenters. The molecule has 0 saturated heterocycles. The van der Waals surface area contributed by atoms with Crippen LogP contribution in [0.4, 0.5) is 0 Å². The Labute approximate surface area is 108 Å². The molecule has 1 amide bonds. The van der Waals surface area contributed by atoms with Crippen molar-refractivity contribution in [3.05, 3.63) is 41.3 Å². The van der Waals surface area contributed by atoms with Crippen LogP contribution >= 0.6 is 0 Å². The summed E-state index contributed by atoms with van der Waals surface area (Å²) in [5, 5.41) is 13.6. The third-order valence-corrected chi connectivity index (χ3v) is 2.91. The first-order chi connectivity index (χ1) is 8.08. The second kappa shape index (κ2) is 7.19. The molecule has 1 unspecified atom stereocenters. The summed E-state index contributed by atoms with van der Waals surface area (Å²) in [6.07, 6.45) is 4.09. The fourth-order valence-corrected chi connectivity index (χ4v) is 1.69. The van der Waals surface area contributed by atoms with E-state index in [0.717, 1.165) is 12.0 Å². The molecular formula is C12H15NO2S2. The fourth-order valence-electron chi connectivity index (χ4n) is 1.21. The molecule has 92 valence electrons. The number of carbonyl (C=O) groups is 1. The molecule has 0 aromatic heterocycles. The van der Waals surface area contributed by atoms with Crippen molar-refractivity contribution < 1.29 is 9.90 Å². The number of phenolic OH excluding ortho intramolecular Hbond substituents is 1. The van der Waals surface area contributed by atoms with Gasteiger partial charge in [0, 0.05) is 12.6 Å². The summed E-state index contributed by atoms with van der Waals surface area (Å²) >= 11 is 4.94. The number of phenols is 1. The summed E-state index contributed by atoms with van der Waals surface area (Å²) in [6, 6.07) is 6.95. The van der Waals surface area contributed by atoms with Crippen molar-refractivity contribution in [1.29, 1.82) is 0 Å². The SMILES string of the molecule is CS(=S)/C=C\C(=O)NCCc1ccc(O)cc1. The van der Waals surface area contributed by atoms with E-state index in [2.05, 4.69) is 5.32 Å². The van der Waals surface area contributed by atoms with Crippen LogP contribution in [0.25, 0.3) is 0 Å². The maximum absolute atomic E-state index is 11.3. The molecule has 0 aliphatic carbocycles. The zero-order valence-corrected chi connectivity index (χ0v) is 11.2. The third-order valence-electron chi connectivity index (χ3n) is 2.06. The van der Waals surface area contributed by atoms with Crippen LogP contribution in [0.5, 0.6) is 5.75 Å². The quantitative estimate of drug-likeness (QED) is 0.792. The molecule has 5 heteroatoms. The van der Waals surface area contributed by atoms with Crippen LogP contribution in [0, 0.1) is 0 Å². The zero-order chi connectivity index (χ0) is 12.7. The number of aromatic hydroxyl groups is 1. The zero-order valence-electron chi connectivity index (χ0n) is 9.55. The van der Waals surface area contributed by atoms with Gasteiger partial charge in [-0.3, -0.25) is 4.79 Å².